The molecule has 164 valence electrons. The molecule has 0 spiro atoms. The van der Waals surface area contributed by atoms with Crippen molar-refractivity contribution in [3.63, 3.8) is 0 Å². The molecule has 1 aliphatic carbocycles. The van der Waals surface area contributed by atoms with Gasteiger partial charge in [-0.2, -0.15) is 0 Å². The van der Waals surface area contributed by atoms with E-state index in [0.717, 1.165) is 35.0 Å². The number of nitrogens with zero attached hydrogens (tertiary/aromatic N) is 1. The first-order valence-corrected chi connectivity index (χ1v) is 11.9. The predicted molar refractivity (Wildman–Crippen MR) is 127 cm³/mol. The first-order valence-electron chi connectivity index (χ1n) is 11.1. The molecule has 4 rings (SSSR count). The van der Waals surface area contributed by atoms with Crippen LogP contribution in [0.1, 0.15) is 61.0 Å². The van der Waals surface area contributed by atoms with E-state index in [4.69, 9.17) is 4.98 Å². The molecule has 1 amide bonds. The molecule has 6 heteroatoms. The molecule has 2 aromatic heterocycles. The van der Waals surface area contributed by atoms with Gasteiger partial charge in [0.25, 0.3) is 5.56 Å². The summed E-state index contributed by atoms with van der Waals surface area (Å²) in [5.41, 5.74) is 3.67. The zero-order valence-corrected chi connectivity index (χ0v) is 19.6. The van der Waals surface area contributed by atoms with Crippen LogP contribution in [0.25, 0.3) is 10.2 Å². The Hall–Kier alpha value is -2.47. The second kappa shape index (κ2) is 8.58. The van der Waals surface area contributed by atoms with Crippen LogP contribution >= 0.6 is 11.3 Å². The van der Waals surface area contributed by atoms with Crippen molar-refractivity contribution in [3.8, 4) is 0 Å². The van der Waals surface area contributed by atoms with Crippen LogP contribution in [0.3, 0.4) is 0 Å². The number of carbonyl (C=O) groups excluding carboxylic acids is 1. The van der Waals surface area contributed by atoms with Gasteiger partial charge in [0.15, 0.2) is 0 Å². The first kappa shape index (κ1) is 21.8. The SMILES string of the molecule is Cc1ccc(CNC(=O)CCc2nc3sc4c(c3c(=O)[nH]2)CCC(C(C)(C)C)C4)cc1. The lowest BCUT2D eigenvalue weighted by Gasteiger charge is -2.33. The van der Waals surface area contributed by atoms with E-state index in [-0.39, 0.29) is 16.9 Å². The van der Waals surface area contributed by atoms with Gasteiger partial charge < -0.3 is 10.3 Å². The minimum Gasteiger partial charge on any atom is -0.352 e. The molecular weight excluding hydrogens is 406 g/mol. The Morgan fingerprint density at radius 3 is 2.71 bits per heavy atom. The van der Waals surface area contributed by atoms with Gasteiger partial charge in [-0.05, 0) is 48.6 Å². The van der Waals surface area contributed by atoms with Crippen molar-refractivity contribution >= 4 is 27.5 Å². The van der Waals surface area contributed by atoms with Gasteiger partial charge in [0, 0.05) is 24.3 Å². The van der Waals surface area contributed by atoms with Crippen molar-refractivity contribution in [3.05, 3.63) is 62.0 Å². The standard InChI is InChI=1S/C25H31N3O2S/c1-15-5-7-16(8-6-15)14-26-21(29)12-11-20-27-23(30)22-18-10-9-17(25(2,3)4)13-19(18)31-24(22)28-20/h5-8,17H,9-14H2,1-4H3,(H,26,29)(H,27,28,30). The topological polar surface area (TPSA) is 74.8 Å². The normalized spacial score (nSPS) is 16.3. The summed E-state index contributed by atoms with van der Waals surface area (Å²) in [6.45, 7) is 9.43. The Balaban J connectivity index is 1.43. The number of rotatable bonds is 5. The van der Waals surface area contributed by atoms with E-state index >= 15 is 0 Å². The Morgan fingerprint density at radius 2 is 2.00 bits per heavy atom. The highest BCUT2D eigenvalue weighted by molar-refractivity contribution is 7.18. The number of carbonyl (C=O) groups is 1. The summed E-state index contributed by atoms with van der Waals surface area (Å²) in [6.07, 6.45) is 3.82. The average Bonchev–Trinajstić information content (AvgIpc) is 3.09. The summed E-state index contributed by atoms with van der Waals surface area (Å²) >= 11 is 1.66. The van der Waals surface area contributed by atoms with Crippen LogP contribution in [0.5, 0.6) is 0 Å². The van der Waals surface area contributed by atoms with E-state index in [9.17, 15) is 9.59 Å². The third-order valence-electron chi connectivity index (χ3n) is 6.39. The molecule has 2 N–H and O–H groups in total. The summed E-state index contributed by atoms with van der Waals surface area (Å²) in [6, 6.07) is 8.11. The van der Waals surface area contributed by atoms with Gasteiger partial charge in [-0.1, -0.05) is 50.6 Å². The zero-order valence-electron chi connectivity index (χ0n) is 18.8. The second-order valence-electron chi connectivity index (χ2n) is 9.76. The summed E-state index contributed by atoms with van der Waals surface area (Å²) < 4.78 is 0. The van der Waals surface area contributed by atoms with Crippen LogP contribution in [0.15, 0.2) is 29.1 Å². The van der Waals surface area contributed by atoms with E-state index in [2.05, 4.69) is 31.1 Å². The number of aryl methyl sites for hydroxylation is 3. The molecule has 0 saturated carbocycles. The van der Waals surface area contributed by atoms with Crippen molar-refractivity contribution in [2.24, 2.45) is 11.3 Å². The fourth-order valence-corrected chi connectivity index (χ4v) is 5.63. The zero-order chi connectivity index (χ0) is 22.2. The van der Waals surface area contributed by atoms with Gasteiger partial charge in [0.2, 0.25) is 5.91 Å². The Bertz CT molecular complexity index is 1150. The van der Waals surface area contributed by atoms with Crippen LogP contribution in [0, 0.1) is 18.3 Å². The molecule has 3 aromatic rings. The fourth-order valence-electron chi connectivity index (χ4n) is 4.31. The number of H-pyrrole nitrogens is 1. The lowest BCUT2D eigenvalue weighted by atomic mass is 9.72. The molecule has 0 bridgehead atoms. The van der Waals surface area contributed by atoms with E-state index in [1.54, 1.807) is 11.3 Å². The summed E-state index contributed by atoms with van der Waals surface area (Å²) in [4.78, 5) is 34.8. The van der Waals surface area contributed by atoms with Crippen molar-refractivity contribution in [2.45, 2.75) is 66.3 Å². The molecule has 1 aromatic carbocycles. The van der Waals surface area contributed by atoms with E-state index in [1.807, 2.05) is 31.2 Å². The third kappa shape index (κ3) is 4.90. The number of aromatic amines is 1. The molecule has 0 radical (unpaired) electrons. The lowest BCUT2D eigenvalue weighted by molar-refractivity contribution is -0.121. The van der Waals surface area contributed by atoms with Gasteiger partial charge >= 0.3 is 0 Å². The summed E-state index contributed by atoms with van der Waals surface area (Å²) in [5.74, 6) is 1.18. The van der Waals surface area contributed by atoms with Gasteiger partial charge in [-0.25, -0.2) is 4.98 Å². The van der Waals surface area contributed by atoms with Crippen molar-refractivity contribution in [1.82, 2.24) is 15.3 Å². The largest absolute Gasteiger partial charge is 0.352 e. The number of hydrogen-bond donors (Lipinski definition) is 2. The molecule has 1 atom stereocenters. The Labute approximate surface area is 187 Å². The molecule has 1 unspecified atom stereocenters. The number of nitrogens with one attached hydrogen (secondary N) is 2. The lowest BCUT2D eigenvalue weighted by Crippen LogP contribution is -2.26. The van der Waals surface area contributed by atoms with Gasteiger partial charge in [0.05, 0.1) is 5.39 Å². The number of fused-ring (bicyclic) bond motifs is 3. The molecule has 0 fully saturated rings. The maximum Gasteiger partial charge on any atom is 0.259 e. The summed E-state index contributed by atoms with van der Waals surface area (Å²) in [7, 11) is 0. The Morgan fingerprint density at radius 1 is 1.26 bits per heavy atom. The third-order valence-corrected chi connectivity index (χ3v) is 7.54. The highest BCUT2D eigenvalue weighted by atomic mass is 32.1. The highest BCUT2D eigenvalue weighted by Gasteiger charge is 2.31. The highest BCUT2D eigenvalue weighted by Crippen LogP contribution is 2.41. The maximum absolute atomic E-state index is 12.8. The van der Waals surface area contributed by atoms with E-state index in [0.29, 0.717) is 31.1 Å². The maximum atomic E-state index is 12.8. The smallest absolute Gasteiger partial charge is 0.259 e. The van der Waals surface area contributed by atoms with Crippen LogP contribution in [-0.4, -0.2) is 15.9 Å². The molecule has 1 aliphatic rings. The Kier molecular flexibility index (Phi) is 6.02. The molecule has 0 aliphatic heterocycles. The van der Waals surface area contributed by atoms with E-state index < -0.39 is 0 Å². The van der Waals surface area contributed by atoms with Crippen molar-refractivity contribution in [1.29, 1.82) is 0 Å². The minimum absolute atomic E-state index is 0.0400. The average molecular weight is 438 g/mol. The van der Waals surface area contributed by atoms with E-state index in [1.165, 1.54) is 16.0 Å². The van der Waals surface area contributed by atoms with Gasteiger partial charge in [-0.3, -0.25) is 9.59 Å². The van der Waals surface area contributed by atoms with Crippen molar-refractivity contribution in [2.75, 3.05) is 0 Å². The number of aromatic nitrogens is 2. The van der Waals surface area contributed by atoms with Crippen LogP contribution < -0.4 is 10.9 Å². The van der Waals surface area contributed by atoms with Crippen LogP contribution in [0.2, 0.25) is 0 Å². The number of amides is 1. The molecule has 5 nitrogen and oxygen atoms in total. The van der Waals surface area contributed by atoms with Gasteiger partial charge in [0.1, 0.15) is 10.7 Å². The second-order valence-corrected chi connectivity index (χ2v) is 10.8. The van der Waals surface area contributed by atoms with Crippen LogP contribution in [0.4, 0.5) is 0 Å². The summed E-state index contributed by atoms with van der Waals surface area (Å²) in [5, 5.41) is 3.71. The molecule has 2 heterocycles. The monoisotopic (exact) mass is 437 g/mol. The minimum atomic E-state index is -0.0632. The first-order chi connectivity index (χ1) is 14.7. The molecule has 31 heavy (non-hydrogen) atoms. The predicted octanol–water partition coefficient (Wildman–Crippen LogP) is 4.69. The molecule has 0 saturated heterocycles. The number of benzene rings is 1. The fraction of sp³-hybridized carbons (Fsp3) is 0.480. The van der Waals surface area contributed by atoms with Crippen LogP contribution in [-0.2, 0) is 30.6 Å². The number of thiophene rings is 1. The van der Waals surface area contributed by atoms with Gasteiger partial charge in [-0.15, -0.1) is 11.3 Å². The quantitative estimate of drug-likeness (QED) is 0.608. The molecular formula is C25H31N3O2S. The van der Waals surface area contributed by atoms with Crippen molar-refractivity contribution < 1.29 is 4.79 Å². The number of hydrogen-bond acceptors (Lipinski definition) is 4.